The predicted octanol–water partition coefficient (Wildman–Crippen LogP) is -2.02. The number of carbonyl (C=O) groups is 4. The van der Waals surface area contributed by atoms with Crippen LogP contribution in [0.4, 0.5) is 0 Å². The first-order chi connectivity index (χ1) is 20.5. The topological polar surface area (TPSA) is 280 Å². The Hall–Kier alpha value is -4.96. The summed E-state index contributed by atoms with van der Waals surface area (Å²) in [5, 5.41) is 27.8. The van der Waals surface area contributed by atoms with Gasteiger partial charge in [0, 0.05) is 48.4 Å². The van der Waals surface area contributed by atoms with Crippen LogP contribution in [0.3, 0.4) is 0 Å². The van der Waals surface area contributed by atoms with Crippen LogP contribution >= 0.6 is 0 Å². The molecule has 16 nitrogen and oxygen atoms in total. The monoisotopic (exact) mass is 598 g/mol. The average Bonchev–Trinajstić information content (AvgIpc) is 3.62. The summed E-state index contributed by atoms with van der Waals surface area (Å²) in [6.45, 7) is 1.50. The molecule has 0 bridgehead atoms. The molecule has 43 heavy (non-hydrogen) atoms. The first-order valence-corrected chi connectivity index (χ1v) is 13.6. The van der Waals surface area contributed by atoms with E-state index in [4.69, 9.17) is 17.2 Å². The first kappa shape index (κ1) is 32.6. The standard InChI is InChI=1S/C27H38N10O6/c1-14(38)22(26(42)43)37-25(41)20(9-15-11-33-19-7-3-2-5-17(15)19)36-24(40)21(10-16-12-31-13-34-16)35-23(39)18(28)6-4-8-32-27(29)30/h2-3,5,7,11-14,18,20-22,33,38H,4,6,8-10,28H2,1H3,(H,31,34)(H,35,39)(H,36,40)(H,37,41)(H,42,43)(H4,29,30,32). The van der Waals surface area contributed by atoms with Gasteiger partial charge in [-0.2, -0.15) is 0 Å². The Morgan fingerprint density at radius 1 is 1.00 bits per heavy atom. The van der Waals surface area contributed by atoms with Crippen LogP contribution in [0.5, 0.6) is 0 Å². The average molecular weight is 599 g/mol. The fourth-order valence-corrected chi connectivity index (χ4v) is 4.40. The number of aliphatic imine (C=N–C) groups is 1. The lowest BCUT2D eigenvalue weighted by molar-refractivity contribution is -0.145. The van der Waals surface area contributed by atoms with Crippen molar-refractivity contribution in [1.82, 2.24) is 30.9 Å². The van der Waals surface area contributed by atoms with Crippen molar-refractivity contribution in [2.24, 2.45) is 22.2 Å². The number of aromatic nitrogens is 3. The zero-order chi connectivity index (χ0) is 31.5. The molecule has 5 unspecified atom stereocenters. The van der Waals surface area contributed by atoms with Crippen LogP contribution in [-0.4, -0.2) is 91.6 Å². The molecule has 0 aliphatic heterocycles. The molecule has 5 atom stereocenters. The highest BCUT2D eigenvalue weighted by Gasteiger charge is 2.32. The maximum Gasteiger partial charge on any atom is 0.328 e. The summed E-state index contributed by atoms with van der Waals surface area (Å²) in [6.07, 6.45) is 3.80. The number of aliphatic carboxylic acids is 1. The highest BCUT2D eigenvalue weighted by atomic mass is 16.4. The summed E-state index contributed by atoms with van der Waals surface area (Å²) < 4.78 is 0. The van der Waals surface area contributed by atoms with E-state index in [9.17, 15) is 29.4 Å². The number of nitrogens with one attached hydrogen (secondary N) is 5. The molecule has 3 amide bonds. The number of aromatic amines is 2. The maximum absolute atomic E-state index is 13.6. The molecule has 3 aromatic rings. The number of carboxylic acid groups (broad SMARTS) is 1. The van der Waals surface area contributed by atoms with Crippen molar-refractivity contribution >= 4 is 40.6 Å². The number of benzene rings is 1. The molecule has 0 fully saturated rings. The smallest absolute Gasteiger partial charge is 0.328 e. The molecular weight excluding hydrogens is 560 g/mol. The zero-order valence-corrected chi connectivity index (χ0v) is 23.6. The second-order valence-electron chi connectivity index (χ2n) is 10.1. The third-order valence-electron chi connectivity index (χ3n) is 6.69. The largest absolute Gasteiger partial charge is 0.480 e. The number of carboxylic acids is 1. The van der Waals surface area contributed by atoms with E-state index < -0.39 is 54.0 Å². The van der Waals surface area contributed by atoms with E-state index in [2.05, 4.69) is 35.9 Å². The molecule has 0 aliphatic carbocycles. The van der Waals surface area contributed by atoms with Crippen molar-refractivity contribution in [1.29, 1.82) is 0 Å². The van der Waals surface area contributed by atoms with Gasteiger partial charge in [-0.15, -0.1) is 0 Å². The number of carbonyl (C=O) groups excluding carboxylic acids is 3. The molecule has 0 radical (unpaired) electrons. The minimum Gasteiger partial charge on any atom is -0.480 e. The Morgan fingerprint density at radius 2 is 1.67 bits per heavy atom. The Morgan fingerprint density at radius 3 is 2.33 bits per heavy atom. The lowest BCUT2D eigenvalue weighted by Crippen LogP contribution is -2.59. The third kappa shape index (κ3) is 9.54. The molecule has 0 aliphatic rings. The molecule has 1 aromatic carbocycles. The Bertz CT molecular complexity index is 1420. The number of hydrogen-bond acceptors (Lipinski definition) is 8. The molecule has 0 saturated carbocycles. The van der Waals surface area contributed by atoms with Gasteiger partial charge in [0.2, 0.25) is 17.7 Å². The van der Waals surface area contributed by atoms with Gasteiger partial charge in [-0.25, -0.2) is 9.78 Å². The predicted molar refractivity (Wildman–Crippen MR) is 157 cm³/mol. The van der Waals surface area contributed by atoms with E-state index in [1.165, 1.54) is 19.4 Å². The normalized spacial score (nSPS) is 14.6. The van der Waals surface area contributed by atoms with E-state index in [1.807, 2.05) is 24.3 Å². The number of aliphatic hydroxyl groups is 1. The molecule has 232 valence electrons. The highest BCUT2D eigenvalue weighted by Crippen LogP contribution is 2.19. The highest BCUT2D eigenvalue weighted by molar-refractivity contribution is 5.95. The molecule has 0 saturated heterocycles. The lowest BCUT2D eigenvalue weighted by Gasteiger charge is -2.25. The van der Waals surface area contributed by atoms with Gasteiger partial charge in [-0.05, 0) is 31.4 Å². The van der Waals surface area contributed by atoms with Crippen LogP contribution in [0.1, 0.15) is 31.0 Å². The summed E-state index contributed by atoms with van der Waals surface area (Å²) in [7, 11) is 0. The molecule has 2 heterocycles. The van der Waals surface area contributed by atoms with Crippen molar-refractivity contribution < 1.29 is 29.4 Å². The number of aliphatic hydroxyl groups excluding tert-OH is 1. The summed E-state index contributed by atoms with van der Waals surface area (Å²) in [4.78, 5) is 65.3. The molecule has 13 N–H and O–H groups in total. The first-order valence-electron chi connectivity index (χ1n) is 13.6. The number of nitrogens with zero attached hydrogens (tertiary/aromatic N) is 2. The van der Waals surface area contributed by atoms with E-state index in [-0.39, 0.29) is 31.8 Å². The second kappa shape index (κ2) is 15.3. The van der Waals surface area contributed by atoms with Gasteiger partial charge in [0.05, 0.1) is 18.5 Å². The number of H-pyrrole nitrogens is 2. The van der Waals surface area contributed by atoms with Crippen molar-refractivity contribution in [2.45, 2.75) is 62.9 Å². The van der Waals surface area contributed by atoms with Crippen molar-refractivity contribution in [3.05, 3.63) is 54.2 Å². The van der Waals surface area contributed by atoms with E-state index in [1.54, 1.807) is 6.20 Å². The van der Waals surface area contributed by atoms with Crippen LogP contribution in [0.15, 0.2) is 48.0 Å². The van der Waals surface area contributed by atoms with E-state index >= 15 is 0 Å². The summed E-state index contributed by atoms with van der Waals surface area (Å²) in [5.41, 5.74) is 18.7. The van der Waals surface area contributed by atoms with Gasteiger partial charge in [0.25, 0.3) is 0 Å². The van der Waals surface area contributed by atoms with Crippen LogP contribution in [0.2, 0.25) is 0 Å². The minimum absolute atomic E-state index is 0.00879. The molecule has 0 spiro atoms. The van der Waals surface area contributed by atoms with Crippen molar-refractivity contribution in [3.63, 3.8) is 0 Å². The van der Waals surface area contributed by atoms with Gasteiger partial charge >= 0.3 is 5.97 Å². The number of amides is 3. The number of nitrogens with two attached hydrogens (primary N) is 3. The Kier molecular flexibility index (Phi) is 11.6. The van der Waals surface area contributed by atoms with Crippen LogP contribution < -0.4 is 33.2 Å². The molecule has 3 rings (SSSR count). The van der Waals surface area contributed by atoms with E-state index in [0.29, 0.717) is 17.7 Å². The Balaban J connectivity index is 1.82. The van der Waals surface area contributed by atoms with Gasteiger partial charge in [0.1, 0.15) is 12.1 Å². The van der Waals surface area contributed by atoms with Gasteiger partial charge in [-0.1, -0.05) is 18.2 Å². The molecular formula is C27H38N10O6. The quantitative estimate of drug-likeness (QED) is 0.0490. The van der Waals surface area contributed by atoms with Crippen molar-refractivity contribution in [3.8, 4) is 0 Å². The van der Waals surface area contributed by atoms with Gasteiger partial charge < -0.3 is 53.3 Å². The summed E-state index contributed by atoms with van der Waals surface area (Å²) >= 11 is 0. The second-order valence-corrected chi connectivity index (χ2v) is 10.1. The Labute approximate surface area is 246 Å². The maximum atomic E-state index is 13.6. The van der Waals surface area contributed by atoms with Crippen LogP contribution in [0.25, 0.3) is 10.9 Å². The third-order valence-corrected chi connectivity index (χ3v) is 6.69. The fraction of sp³-hybridized carbons (Fsp3) is 0.407. The molecule has 2 aromatic heterocycles. The van der Waals surface area contributed by atoms with Gasteiger partial charge in [-0.3, -0.25) is 19.4 Å². The van der Waals surface area contributed by atoms with Crippen LogP contribution in [-0.2, 0) is 32.0 Å². The van der Waals surface area contributed by atoms with Crippen LogP contribution in [0, 0.1) is 0 Å². The number of rotatable bonds is 16. The lowest BCUT2D eigenvalue weighted by atomic mass is 10.0. The molecule has 16 heteroatoms. The minimum atomic E-state index is -1.62. The number of imidazole rings is 1. The fourth-order valence-electron chi connectivity index (χ4n) is 4.40. The van der Waals surface area contributed by atoms with E-state index in [0.717, 1.165) is 10.9 Å². The van der Waals surface area contributed by atoms with Crippen molar-refractivity contribution in [2.75, 3.05) is 6.54 Å². The zero-order valence-electron chi connectivity index (χ0n) is 23.6. The number of para-hydroxylation sites is 1. The van der Waals surface area contributed by atoms with Gasteiger partial charge in [0.15, 0.2) is 12.0 Å². The number of hydrogen-bond donors (Lipinski definition) is 10. The number of guanidine groups is 1. The number of fused-ring (bicyclic) bond motifs is 1. The SMILES string of the molecule is CC(O)C(NC(=O)C(Cc1c[nH]c2ccccc12)NC(=O)C(Cc1cnc[nH]1)NC(=O)C(N)CCCN=C(N)N)C(=O)O. The summed E-state index contributed by atoms with van der Waals surface area (Å²) in [5.74, 6) is -3.70. The summed E-state index contributed by atoms with van der Waals surface area (Å²) in [6, 6.07) is 2.29.